The van der Waals surface area contributed by atoms with Crippen LogP contribution in [0.1, 0.15) is 19.2 Å². The lowest BCUT2D eigenvalue weighted by Gasteiger charge is -2.34. The average Bonchev–Trinajstić information content (AvgIpc) is 3.24. The lowest BCUT2D eigenvalue weighted by molar-refractivity contribution is -0.129. The lowest BCUT2D eigenvalue weighted by Crippen LogP contribution is -2.50. The summed E-state index contributed by atoms with van der Waals surface area (Å²) in [6.45, 7) is 1.72. The number of hydrogen-bond acceptors (Lipinski definition) is 7. The summed E-state index contributed by atoms with van der Waals surface area (Å²) in [7, 11) is 3.05. The number of para-hydroxylation sites is 2. The molecule has 0 amide bonds. The van der Waals surface area contributed by atoms with E-state index in [1.54, 1.807) is 25.1 Å². The van der Waals surface area contributed by atoms with E-state index < -0.39 is 11.5 Å². The van der Waals surface area contributed by atoms with E-state index in [-0.39, 0.29) is 17.8 Å². The van der Waals surface area contributed by atoms with E-state index in [9.17, 15) is 9.90 Å². The van der Waals surface area contributed by atoms with Gasteiger partial charge in [0.05, 0.1) is 30.9 Å². The van der Waals surface area contributed by atoms with Crippen molar-refractivity contribution in [2.75, 3.05) is 19.1 Å². The zero-order valence-electron chi connectivity index (χ0n) is 16.4. The number of hydrogen-bond donors (Lipinski definition) is 3. The minimum absolute atomic E-state index is 0.105. The van der Waals surface area contributed by atoms with Crippen molar-refractivity contribution in [1.82, 2.24) is 9.97 Å². The Morgan fingerprint density at radius 2 is 1.83 bits per heavy atom. The number of aliphatic hydroxyl groups is 1. The van der Waals surface area contributed by atoms with E-state index >= 15 is 0 Å². The molecule has 0 radical (unpaired) electrons. The smallest absolute Gasteiger partial charge is 0.223 e. The van der Waals surface area contributed by atoms with Crippen LogP contribution in [0.4, 0.5) is 5.69 Å². The highest BCUT2D eigenvalue weighted by Crippen LogP contribution is 2.42. The van der Waals surface area contributed by atoms with Crippen LogP contribution in [-0.2, 0) is 4.79 Å². The molecule has 3 aromatic rings. The van der Waals surface area contributed by atoms with Crippen molar-refractivity contribution in [3.05, 3.63) is 54.1 Å². The summed E-state index contributed by atoms with van der Waals surface area (Å²) in [5.41, 5.74) is 6.67. The summed E-state index contributed by atoms with van der Waals surface area (Å²) >= 11 is 0. The molecule has 2 aromatic carbocycles. The molecule has 0 saturated heterocycles. The molecular weight excluding hydrogens is 372 g/mol. The fourth-order valence-electron chi connectivity index (χ4n) is 3.62. The molecule has 4 N–H and O–H groups in total. The van der Waals surface area contributed by atoms with Crippen molar-refractivity contribution < 1.29 is 19.4 Å². The normalized spacial score (nSPS) is 19.3. The lowest BCUT2D eigenvalue weighted by atomic mass is 10.0. The average molecular weight is 394 g/mol. The Hall–Kier alpha value is -3.52. The van der Waals surface area contributed by atoms with Crippen molar-refractivity contribution in [2.45, 2.75) is 19.1 Å². The number of ether oxygens (including phenoxy) is 2. The van der Waals surface area contributed by atoms with Gasteiger partial charge in [-0.1, -0.05) is 19.1 Å². The molecule has 150 valence electrons. The number of benzene rings is 2. The first kappa shape index (κ1) is 18.8. The van der Waals surface area contributed by atoms with Crippen molar-refractivity contribution in [3.8, 4) is 11.5 Å². The maximum absolute atomic E-state index is 13.3. The number of nitrogens with zero attached hydrogens (tertiary/aromatic N) is 2. The molecule has 1 aliphatic heterocycles. The van der Waals surface area contributed by atoms with Gasteiger partial charge in [0.2, 0.25) is 11.5 Å². The van der Waals surface area contributed by atoms with Crippen molar-refractivity contribution in [2.24, 2.45) is 5.73 Å². The Bertz CT molecular complexity index is 1080. The molecule has 1 aliphatic rings. The van der Waals surface area contributed by atoms with Crippen LogP contribution in [0, 0.1) is 0 Å². The SMILES string of the molecule is CCC1(O)C(=O)C(c2nc3ccccc3[nH]2)=C(N)N1c1cc(OC)cc(OC)c1. The molecule has 4 rings (SSSR count). The molecule has 8 heteroatoms. The van der Waals surface area contributed by atoms with Crippen LogP contribution in [0.5, 0.6) is 11.5 Å². The summed E-state index contributed by atoms with van der Waals surface area (Å²) < 4.78 is 10.6. The van der Waals surface area contributed by atoms with E-state index in [1.807, 2.05) is 24.3 Å². The van der Waals surface area contributed by atoms with Gasteiger partial charge in [0.15, 0.2) is 0 Å². The second-order valence-corrected chi connectivity index (χ2v) is 6.77. The Morgan fingerprint density at radius 1 is 1.17 bits per heavy atom. The van der Waals surface area contributed by atoms with Crippen molar-refractivity contribution in [1.29, 1.82) is 0 Å². The largest absolute Gasteiger partial charge is 0.497 e. The van der Waals surface area contributed by atoms with Gasteiger partial charge in [-0.05, 0) is 12.1 Å². The Morgan fingerprint density at radius 3 is 2.41 bits per heavy atom. The number of Topliss-reactive ketones (excluding diaryl/α,β-unsaturated/α-hetero) is 1. The van der Waals surface area contributed by atoms with Gasteiger partial charge in [-0.3, -0.25) is 9.69 Å². The Kier molecular flexibility index (Phi) is 4.43. The Labute approximate surface area is 167 Å². The first-order valence-corrected chi connectivity index (χ1v) is 9.18. The summed E-state index contributed by atoms with van der Waals surface area (Å²) in [6.07, 6.45) is 0.121. The predicted molar refractivity (Wildman–Crippen MR) is 109 cm³/mol. The van der Waals surface area contributed by atoms with Gasteiger partial charge in [0.25, 0.3) is 0 Å². The van der Waals surface area contributed by atoms with Crippen LogP contribution in [0.15, 0.2) is 48.3 Å². The number of nitrogens with two attached hydrogens (primary N) is 1. The number of carbonyl (C=O) groups is 1. The van der Waals surface area contributed by atoms with Crippen LogP contribution in [0.2, 0.25) is 0 Å². The van der Waals surface area contributed by atoms with Gasteiger partial charge in [-0.15, -0.1) is 0 Å². The van der Waals surface area contributed by atoms with Crippen LogP contribution < -0.4 is 20.1 Å². The summed E-state index contributed by atoms with van der Waals surface area (Å²) in [6, 6.07) is 12.5. The van der Waals surface area contributed by atoms with Gasteiger partial charge >= 0.3 is 0 Å². The molecule has 1 aromatic heterocycles. The molecule has 0 bridgehead atoms. The third-order valence-electron chi connectivity index (χ3n) is 5.17. The third-order valence-corrected chi connectivity index (χ3v) is 5.17. The summed E-state index contributed by atoms with van der Waals surface area (Å²) in [5, 5.41) is 11.3. The molecule has 1 atom stereocenters. The minimum Gasteiger partial charge on any atom is -0.497 e. The highest BCUT2D eigenvalue weighted by atomic mass is 16.5. The van der Waals surface area contributed by atoms with Gasteiger partial charge in [-0.25, -0.2) is 4.98 Å². The van der Waals surface area contributed by atoms with E-state index in [1.165, 1.54) is 19.1 Å². The van der Waals surface area contributed by atoms with Crippen LogP contribution >= 0.6 is 0 Å². The number of aromatic amines is 1. The van der Waals surface area contributed by atoms with Gasteiger partial charge in [0.1, 0.15) is 28.7 Å². The quantitative estimate of drug-likeness (QED) is 0.609. The maximum Gasteiger partial charge on any atom is 0.223 e. The first-order chi connectivity index (χ1) is 13.9. The van der Waals surface area contributed by atoms with Crippen molar-refractivity contribution in [3.63, 3.8) is 0 Å². The number of ketones is 1. The topological polar surface area (TPSA) is 114 Å². The van der Waals surface area contributed by atoms with Crippen LogP contribution in [0.3, 0.4) is 0 Å². The highest BCUT2D eigenvalue weighted by molar-refractivity contribution is 6.29. The monoisotopic (exact) mass is 394 g/mol. The molecule has 0 fully saturated rings. The number of carbonyl (C=O) groups excluding carboxylic acids is 1. The van der Waals surface area contributed by atoms with E-state index in [0.717, 1.165) is 5.52 Å². The standard InChI is InChI=1S/C21H22N4O4/c1-4-21(27)18(26)17(20-23-15-7-5-6-8-16(15)24-20)19(22)25(21)12-9-13(28-2)11-14(10-12)29-3/h5-11,27H,4,22H2,1-3H3,(H,23,24). The Balaban J connectivity index is 1.91. The number of imidazole rings is 1. The molecule has 2 heterocycles. The summed E-state index contributed by atoms with van der Waals surface area (Å²) in [5.74, 6) is 0.926. The fraction of sp³-hybridized carbons (Fsp3) is 0.238. The number of aromatic nitrogens is 2. The summed E-state index contributed by atoms with van der Waals surface area (Å²) in [4.78, 5) is 22.3. The van der Waals surface area contributed by atoms with Crippen LogP contribution in [-0.4, -0.2) is 40.8 Å². The zero-order chi connectivity index (χ0) is 20.8. The molecule has 0 aliphatic carbocycles. The van der Waals surface area contributed by atoms with Gasteiger partial charge in [0, 0.05) is 24.6 Å². The molecular formula is C21H22N4O4. The number of fused-ring (bicyclic) bond motifs is 1. The van der Waals surface area contributed by atoms with E-state index in [4.69, 9.17) is 15.2 Å². The van der Waals surface area contributed by atoms with E-state index in [0.29, 0.717) is 28.5 Å². The van der Waals surface area contributed by atoms with Gasteiger partial charge < -0.3 is 25.3 Å². The first-order valence-electron chi connectivity index (χ1n) is 9.18. The van der Waals surface area contributed by atoms with E-state index in [2.05, 4.69) is 9.97 Å². The molecule has 0 saturated carbocycles. The molecule has 29 heavy (non-hydrogen) atoms. The number of anilines is 1. The maximum atomic E-state index is 13.3. The zero-order valence-corrected chi connectivity index (χ0v) is 16.4. The third kappa shape index (κ3) is 2.80. The second kappa shape index (κ2) is 6.82. The number of H-pyrrole nitrogens is 1. The second-order valence-electron chi connectivity index (χ2n) is 6.77. The molecule has 0 spiro atoms. The van der Waals surface area contributed by atoms with Gasteiger partial charge in [-0.2, -0.15) is 0 Å². The predicted octanol–water partition coefficient (Wildman–Crippen LogP) is 2.40. The minimum atomic E-state index is -1.85. The van der Waals surface area contributed by atoms with Crippen LogP contribution in [0.25, 0.3) is 16.6 Å². The number of rotatable bonds is 5. The fourth-order valence-corrected chi connectivity index (χ4v) is 3.62. The number of nitrogens with one attached hydrogen (secondary N) is 1. The molecule has 8 nitrogen and oxygen atoms in total. The highest BCUT2D eigenvalue weighted by Gasteiger charge is 2.52. The number of methoxy groups -OCH3 is 2. The van der Waals surface area contributed by atoms with Crippen molar-refractivity contribution >= 4 is 28.1 Å². The molecule has 1 unspecified atom stereocenters.